The van der Waals surface area contributed by atoms with Crippen LogP contribution in [0.4, 0.5) is 15.3 Å². The highest BCUT2D eigenvalue weighted by Crippen LogP contribution is 2.35. The zero-order valence-electron chi connectivity index (χ0n) is 12.5. The quantitative estimate of drug-likeness (QED) is 0.898. The lowest BCUT2D eigenvalue weighted by atomic mass is 10.1. The Morgan fingerprint density at radius 2 is 2.26 bits per heavy atom. The van der Waals surface area contributed by atoms with Gasteiger partial charge in [-0.1, -0.05) is 11.3 Å². The topological polar surface area (TPSA) is 76.1 Å². The number of hydrogen-bond acceptors (Lipinski definition) is 6. The molecule has 1 atom stereocenters. The molecular weight excluding hydrogens is 319 g/mol. The van der Waals surface area contributed by atoms with Gasteiger partial charge in [0.15, 0.2) is 16.8 Å². The summed E-state index contributed by atoms with van der Waals surface area (Å²) in [7, 11) is 0. The third-order valence-electron chi connectivity index (χ3n) is 4.05. The van der Waals surface area contributed by atoms with Gasteiger partial charge in [-0.25, -0.2) is 14.4 Å². The van der Waals surface area contributed by atoms with Crippen molar-refractivity contribution in [3.63, 3.8) is 0 Å². The average Bonchev–Trinajstić information content (AvgIpc) is 3.32. The van der Waals surface area contributed by atoms with Gasteiger partial charge in [0.25, 0.3) is 0 Å². The van der Waals surface area contributed by atoms with Gasteiger partial charge in [0, 0.05) is 12.5 Å². The Hall–Kier alpha value is -1.80. The number of ether oxygens (including phenoxy) is 1. The summed E-state index contributed by atoms with van der Waals surface area (Å²) in [5, 5.41) is 6.71. The number of carbonyl (C=O) groups excluding carboxylic acids is 1. The minimum Gasteiger partial charge on any atom is -0.379 e. The van der Waals surface area contributed by atoms with E-state index in [2.05, 4.69) is 20.6 Å². The normalized spacial score (nSPS) is 21.3. The number of anilines is 2. The van der Waals surface area contributed by atoms with E-state index in [0.29, 0.717) is 22.3 Å². The largest absolute Gasteiger partial charge is 0.379 e. The van der Waals surface area contributed by atoms with Gasteiger partial charge >= 0.3 is 0 Å². The van der Waals surface area contributed by atoms with E-state index in [4.69, 9.17) is 4.74 Å². The molecule has 2 aromatic rings. The number of pyridine rings is 1. The molecule has 2 N–H and O–H groups in total. The maximum Gasteiger partial charge on any atom is 0.228 e. The highest BCUT2D eigenvalue weighted by molar-refractivity contribution is 7.22. The number of fused-ring (bicyclic) bond motifs is 1. The number of amides is 1. The van der Waals surface area contributed by atoms with E-state index >= 15 is 0 Å². The number of aromatic nitrogens is 2. The Labute approximate surface area is 136 Å². The van der Waals surface area contributed by atoms with Gasteiger partial charge in [0.2, 0.25) is 5.91 Å². The molecule has 0 radical (unpaired) electrons. The molecule has 8 heteroatoms. The minimum absolute atomic E-state index is 0.0472. The second kappa shape index (κ2) is 6.01. The molecule has 3 heterocycles. The predicted octanol–water partition coefficient (Wildman–Crippen LogP) is 2.77. The average molecular weight is 336 g/mol. The van der Waals surface area contributed by atoms with Crippen LogP contribution in [-0.4, -0.2) is 35.1 Å². The number of rotatable bonds is 4. The zero-order chi connectivity index (χ0) is 15.8. The van der Waals surface area contributed by atoms with Crippen molar-refractivity contribution in [2.45, 2.75) is 31.7 Å². The van der Waals surface area contributed by atoms with Crippen molar-refractivity contribution in [1.82, 2.24) is 9.97 Å². The third kappa shape index (κ3) is 3.13. The molecule has 23 heavy (non-hydrogen) atoms. The van der Waals surface area contributed by atoms with Gasteiger partial charge in [-0.05, 0) is 25.7 Å². The molecule has 122 valence electrons. The lowest BCUT2D eigenvalue weighted by molar-refractivity contribution is -0.117. The number of hydrogen-bond donors (Lipinski definition) is 2. The summed E-state index contributed by atoms with van der Waals surface area (Å²) in [5.41, 5.74) is 0.246. The van der Waals surface area contributed by atoms with Crippen LogP contribution >= 0.6 is 11.3 Å². The molecule has 6 nitrogen and oxygen atoms in total. The Kier molecular flexibility index (Phi) is 3.86. The Balaban J connectivity index is 1.60. The third-order valence-corrected chi connectivity index (χ3v) is 5.05. The van der Waals surface area contributed by atoms with Crippen LogP contribution in [-0.2, 0) is 9.53 Å². The second-order valence-corrected chi connectivity index (χ2v) is 6.97. The summed E-state index contributed by atoms with van der Waals surface area (Å²) in [6.45, 7) is 1.41. The SMILES string of the molecule is O=C(Nc1ncc(F)c2nc(NC3CCCOC3)sc12)C1CC1. The summed E-state index contributed by atoms with van der Waals surface area (Å²) < 4.78 is 20.0. The first kappa shape index (κ1) is 14.8. The number of halogens is 1. The summed E-state index contributed by atoms with van der Waals surface area (Å²) >= 11 is 1.31. The second-order valence-electron chi connectivity index (χ2n) is 5.97. The summed E-state index contributed by atoms with van der Waals surface area (Å²) in [5.74, 6) is -0.0619. The van der Waals surface area contributed by atoms with E-state index in [1.165, 1.54) is 11.3 Å². The monoisotopic (exact) mass is 336 g/mol. The van der Waals surface area contributed by atoms with E-state index in [9.17, 15) is 9.18 Å². The van der Waals surface area contributed by atoms with E-state index in [1.54, 1.807) is 0 Å². The number of thiazole rings is 1. The summed E-state index contributed by atoms with van der Waals surface area (Å²) in [6.07, 6.45) is 4.93. The van der Waals surface area contributed by atoms with Gasteiger partial charge < -0.3 is 15.4 Å². The fourth-order valence-corrected chi connectivity index (χ4v) is 3.62. The molecule has 2 fully saturated rings. The Bertz CT molecular complexity index is 740. The maximum atomic E-state index is 14.0. The molecule has 1 unspecified atom stereocenters. The van der Waals surface area contributed by atoms with E-state index in [-0.39, 0.29) is 23.4 Å². The van der Waals surface area contributed by atoms with Gasteiger partial charge in [0.05, 0.1) is 18.8 Å². The molecule has 1 aliphatic carbocycles. The highest BCUT2D eigenvalue weighted by atomic mass is 32.1. The van der Waals surface area contributed by atoms with Crippen LogP contribution in [0, 0.1) is 11.7 Å². The molecule has 0 bridgehead atoms. The molecule has 1 saturated carbocycles. The van der Waals surface area contributed by atoms with Gasteiger partial charge in [-0.2, -0.15) is 0 Å². The molecular formula is C15H17FN4O2S. The lowest BCUT2D eigenvalue weighted by Crippen LogP contribution is -2.29. The van der Waals surface area contributed by atoms with Crippen LogP contribution in [0.3, 0.4) is 0 Å². The Morgan fingerprint density at radius 1 is 1.39 bits per heavy atom. The van der Waals surface area contributed by atoms with Crippen molar-refractivity contribution in [1.29, 1.82) is 0 Å². The first-order chi connectivity index (χ1) is 11.2. The van der Waals surface area contributed by atoms with Crippen LogP contribution in [0.5, 0.6) is 0 Å². The van der Waals surface area contributed by atoms with Crippen LogP contribution in [0.25, 0.3) is 10.2 Å². The van der Waals surface area contributed by atoms with E-state index in [0.717, 1.165) is 38.5 Å². The molecule has 1 amide bonds. The van der Waals surface area contributed by atoms with E-state index in [1.807, 2.05) is 0 Å². The molecule has 2 aromatic heterocycles. The fraction of sp³-hybridized carbons (Fsp3) is 0.533. The smallest absolute Gasteiger partial charge is 0.228 e. The van der Waals surface area contributed by atoms with Crippen LogP contribution in [0.1, 0.15) is 25.7 Å². The molecule has 4 rings (SSSR count). The van der Waals surface area contributed by atoms with Gasteiger partial charge in [0.1, 0.15) is 10.2 Å². The van der Waals surface area contributed by atoms with Crippen molar-refractivity contribution in [3.05, 3.63) is 12.0 Å². The molecule has 2 aliphatic rings. The number of nitrogens with zero attached hydrogens (tertiary/aromatic N) is 2. The molecule has 1 aliphatic heterocycles. The van der Waals surface area contributed by atoms with Crippen molar-refractivity contribution < 1.29 is 13.9 Å². The van der Waals surface area contributed by atoms with Crippen molar-refractivity contribution in [2.24, 2.45) is 5.92 Å². The standard InChI is InChI=1S/C15H17FN4O2S/c16-10-6-17-13(20-14(21)8-3-4-8)12-11(10)19-15(23-12)18-9-2-1-5-22-7-9/h6,8-9H,1-5,7H2,(H,18,19)(H,17,20,21). The van der Waals surface area contributed by atoms with Crippen LogP contribution in [0.2, 0.25) is 0 Å². The van der Waals surface area contributed by atoms with Gasteiger partial charge in [-0.3, -0.25) is 4.79 Å². The lowest BCUT2D eigenvalue weighted by Gasteiger charge is -2.22. The zero-order valence-corrected chi connectivity index (χ0v) is 13.3. The van der Waals surface area contributed by atoms with Crippen molar-refractivity contribution in [2.75, 3.05) is 23.8 Å². The first-order valence-corrected chi connectivity index (χ1v) is 8.62. The van der Waals surface area contributed by atoms with Crippen molar-refractivity contribution >= 4 is 38.4 Å². The number of nitrogens with one attached hydrogen (secondary N) is 2. The summed E-state index contributed by atoms with van der Waals surface area (Å²) in [6, 6.07) is 0.185. The molecule has 0 spiro atoms. The highest BCUT2D eigenvalue weighted by Gasteiger charge is 2.30. The van der Waals surface area contributed by atoms with E-state index < -0.39 is 5.82 Å². The Morgan fingerprint density at radius 3 is 3.00 bits per heavy atom. The minimum atomic E-state index is -0.478. The molecule has 1 saturated heterocycles. The van der Waals surface area contributed by atoms with Gasteiger partial charge in [-0.15, -0.1) is 0 Å². The molecule has 0 aromatic carbocycles. The predicted molar refractivity (Wildman–Crippen MR) is 86.2 cm³/mol. The summed E-state index contributed by atoms with van der Waals surface area (Å²) in [4.78, 5) is 20.3. The maximum absolute atomic E-state index is 14.0. The van der Waals surface area contributed by atoms with Crippen LogP contribution < -0.4 is 10.6 Å². The fourth-order valence-electron chi connectivity index (χ4n) is 2.63. The van der Waals surface area contributed by atoms with Crippen molar-refractivity contribution in [3.8, 4) is 0 Å². The number of carbonyl (C=O) groups is 1. The first-order valence-electron chi connectivity index (χ1n) is 7.81. The van der Waals surface area contributed by atoms with Crippen LogP contribution in [0.15, 0.2) is 6.20 Å².